The molecule has 172 valence electrons. The van der Waals surface area contributed by atoms with Gasteiger partial charge in [-0.1, -0.05) is 28.9 Å². The molecule has 0 spiro atoms. The lowest BCUT2D eigenvalue weighted by atomic mass is 10.1. The molecule has 3 heterocycles. The number of hydrogen-bond acceptors (Lipinski definition) is 6. The van der Waals surface area contributed by atoms with Crippen LogP contribution in [0.4, 0.5) is 0 Å². The summed E-state index contributed by atoms with van der Waals surface area (Å²) < 4.78 is 16.6. The number of carbonyl (C=O) groups is 2. The van der Waals surface area contributed by atoms with E-state index in [-0.39, 0.29) is 42.7 Å². The van der Waals surface area contributed by atoms with Gasteiger partial charge in [-0.25, -0.2) is 0 Å². The first-order valence-corrected chi connectivity index (χ1v) is 11.5. The number of hydrogen-bond donors (Lipinski definition) is 1. The Morgan fingerprint density at radius 1 is 1.12 bits per heavy atom. The average Bonchev–Trinajstić information content (AvgIpc) is 3.57. The number of benzene rings is 1. The molecule has 0 saturated carbocycles. The van der Waals surface area contributed by atoms with Gasteiger partial charge in [-0.05, 0) is 37.8 Å². The second kappa shape index (κ2) is 10.9. The zero-order valence-corrected chi connectivity index (χ0v) is 18.7. The van der Waals surface area contributed by atoms with Crippen LogP contribution in [-0.2, 0) is 14.3 Å². The molecular formula is C23H28ClN3O5. The predicted molar refractivity (Wildman–Crippen MR) is 118 cm³/mol. The fraction of sp³-hybridized carbons (Fsp3) is 0.522. The standard InChI is InChI=1S/C23H28ClN3O5/c24-17-5-1-4-16(12-17)21-13-20(26-32-21)23(29)27(15-19-7-3-11-31-19)9-8-22(28)25-14-18-6-2-10-30-18/h1,4-5,12-13,18-19H,2-3,6-11,14-15H2,(H,25,28)/t18-,19-/m0/s1. The van der Waals surface area contributed by atoms with Crippen LogP contribution in [0.25, 0.3) is 11.3 Å². The van der Waals surface area contributed by atoms with Crippen molar-refractivity contribution in [2.75, 3.05) is 32.8 Å². The molecule has 32 heavy (non-hydrogen) atoms. The van der Waals surface area contributed by atoms with Gasteiger partial charge in [-0.3, -0.25) is 9.59 Å². The van der Waals surface area contributed by atoms with E-state index in [1.165, 1.54) is 0 Å². The highest BCUT2D eigenvalue weighted by Crippen LogP contribution is 2.24. The summed E-state index contributed by atoms with van der Waals surface area (Å²) in [5.41, 5.74) is 0.931. The van der Waals surface area contributed by atoms with E-state index in [1.54, 1.807) is 29.2 Å². The predicted octanol–water partition coefficient (Wildman–Crippen LogP) is 3.30. The number of amides is 2. The van der Waals surface area contributed by atoms with Crippen LogP contribution in [0.3, 0.4) is 0 Å². The topological polar surface area (TPSA) is 93.9 Å². The molecule has 4 rings (SSSR count). The molecule has 8 nitrogen and oxygen atoms in total. The third-order valence-corrected chi connectivity index (χ3v) is 5.97. The van der Waals surface area contributed by atoms with Crippen LogP contribution in [-0.4, -0.2) is 66.9 Å². The molecule has 0 aliphatic carbocycles. The highest BCUT2D eigenvalue weighted by atomic mass is 35.5. The first-order valence-electron chi connectivity index (χ1n) is 11.1. The highest BCUT2D eigenvalue weighted by Gasteiger charge is 2.26. The molecule has 0 unspecified atom stereocenters. The number of aromatic nitrogens is 1. The normalized spacial score (nSPS) is 20.4. The fourth-order valence-corrected chi connectivity index (χ4v) is 4.17. The Bertz CT molecular complexity index is 922. The molecule has 2 saturated heterocycles. The van der Waals surface area contributed by atoms with Gasteiger partial charge < -0.3 is 24.2 Å². The largest absolute Gasteiger partial charge is 0.376 e. The van der Waals surface area contributed by atoms with Gasteiger partial charge in [0, 0.05) is 55.9 Å². The number of nitrogens with zero attached hydrogens (tertiary/aromatic N) is 2. The van der Waals surface area contributed by atoms with Crippen molar-refractivity contribution in [3.8, 4) is 11.3 Å². The zero-order valence-electron chi connectivity index (χ0n) is 17.9. The summed E-state index contributed by atoms with van der Waals surface area (Å²) in [5.74, 6) is 0.0667. The van der Waals surface area contributed by atoms with Gasteiger partial charge in [0.1, 0.15) is 0 Å². The number of rotatable bonds is 9. The Labute approximate surface area is 192 Å². The molecule has 1 N–H and O–H groups in total. The molecule has 1 aromatic heterocycles. The minimum Gasteiger partial charge on any atom is -0.376 e. The maximum Gasteiger partial charge on any atom is 0.276 e. The van der Waals surface area contributed by atoms with Crippen molar-refractivity contribution >= 4 is 23.4 Å². The lowest BCUT2D eigenvalue weighted by molar-refractivity contribution is -0.121. The summed E-state index contributed by atoms with van der Waals surface area (Å²) in [6.45, 7) is 2.63. The van der Waals surface area contributed by atoms with Crippen molar-refractivity contribution in [2.24, 2.45) is 0 Å². The molecule has 2 atom stereocenters. The molecule has 2 aromatic rings. The smallest absolute Gasteiger partial charge is 0.276 e. The molecule has 0 radical (unpaired) electrons. The summed E-state index contributed by atoms with van der Waals surface area (Å²) >= 11 is 6.05. The highest BCUT2D eigenvalue weighted by molar-refractivity contribution is 6.30. The van der Waals surface area contributed by atoms with E-state index in [0.29, 0.717) is 30.5 Å². The lowest BCUT2D eigenvalue weighted by Crippen LogP contribution is -2.40. The molecule has 1 aromatic carbocycles. The lowest BCUT2D eigenvalue weighted by Gasteiger charge is -2.24. The van der Waals surface area contributed by atoms with Crippen LogP contribution in [0, 0.1) is 0 Å². The Morgan fingerprint density at radius 2 is 1.91 bits per heavy atom. The van der Waals surface area contributed by atoms with Crippen LogP contribution < -0.4 is 5.32 Å². The van der Waals surface area contributed by atoms with Gasteiger partial charge >= 0.3 is 0 Å². The SMILES string of the molecule is O=C(CCN(C[C@@H]1CCCO1)C(=O)c1cc(-c2cccc(Cl)c2)on1)NC[C@@H]1CCCO1. The minimum absolute atomic E-state index is 0.0341. The first-order chi connectivity index (χ1) is 15.6. The molecule has 2 amide bonds. The third-order valence-electron chi connectivity index (χ3n) is 5.73. The Kier molecular flexibility index (Phi) is 7.78. The molecular weight excluding hydrogens is 434 g/mol. The summed E-state index contributed by atoms with van der Waals surface area (Å²) in [6.07, 6.45) is 4.10. The van der Waals surface area contributed by atoms with E-state index in [9.17, 15) is 9.59 Å². The van der Waals surface area contributed by atoms with Crippen molar-refractivity contribution in [2.45, 2.75) is 44.3 Å². The van der Waals surface area contributed by atoms with Gasteiger partial charge in [0.15, 0.2) is 11.5 Å². The second-order valence-corrected chi connectivity index (χ2v) is 8.60. The Hall–Kier alpha value is -2.42. The van der Waals surface area contributed by atoms with Crippen LogP contribution in [0.1, 0.15) is 42.6 Å². The first kappa shape index (κ1) is 22.8. The Morgan fingerprint density at radius 3 is 2.62 bits per heavy atom. The van der Waals surface area contributed by atoms with Crippen LogP contribution in [0.2, 0.25) is 5.02 Å². The maximum absolute atomic E-state index is 13.2. The van der Waals surface area contributed by atoms with E-state index in [0.717, 1.165) is 37.9 Å². The number of halogens is 1. The van der Waals surface area contributed by atoms with Crippen molar-refractivity contribution < 1.29 is 23.6 Å². The van der Waals surface area contributed by atoms with E-state index in [1.807, 2.05) is 6.07 Å². The summed E-state index contributed by atoms with van der Waals surface area (Å²) in [6, 6.07) is 8.76. The summed E-state index contributed by atoms with van der Waals surface area (Å²) in [7, 11) is 0. The van der Waals surface area contributed by atoms with Crippen molar-refractivity contribution in [1.29, 1.82) is 0 Å². The van der Waals surface area contributed by atoms with Crippen LogP contribution in [0.5, 0.6) is 0 Å². The van der Waals surface area contributed by atoms with E-state index >= 15 is 0 Å². The van der Waals surface area contributed by atoms with E-state index < -0.39 is 0 Å². The van der Waals surface area contributed by atoms with Gasteiger partial charge in [0.05, 0.1) is 12.2 Å². The quantitative estimate of drug-likeness (QED) is 0.615. The monoisotopic (exact) mass is 461 g/mol. The molecule has 0 bridgehead atoms. The van der Waals surface area contributed by atoms with E-state index in [2.05, 4.69) is 10.5 Å². The molecule has 9 heteroatoms. The summed E-state index contributed by atoms with van der Waals surface area (Å²) in [4.78, 5) is 27.2. The van der Waals surface area contributed by atoms with E-state index in [4.69, 9.17) is 25.6 Å². The van der Waals surface area contributed by atoms with Crippen LogP contribution >= 0.6 is 11.6 Å². The Balaban J connectivity index is 1.38. The number of carbonyl (C=O) groups excluding carboxylic acids is 2. The van der Waals surface area contributed by atoms with Gasteiger partial charge in [-0.15, -0.1) is 0 Å². The molecule has 2 aliphatic rings. The third kappa shape index (κ3) is 6.09. The zero-order chi connectivity index (χ0) is 22.3. The van der Waals surface area contributed by atoms with Gasteiger partial charge in [0.25, 0.3) is 5.91 Å². The van der Waals surface area contributed by atoms with Gasteiger partial charge in [0.2, 0.25) is 5.91 Å². The minimum atomic E-state index is -0.288. The van der Waals surface area contributed by atoms with Crippen molar-refractivity contribution in [1.82, 2.24) is 15.4 Å². The van der Waals surface area contributed by atoms with Crippen molar-refractivity contribution in [3.63, 3.8) is 0 Å². The number of ether oxygens (including phenoxy) is 2. The van der Waals surface area contributed by atoms with Gasteiger partial charge in [-0.2, -0.15) is 0 Å². The fourth-order valence-electron chi connectivity index (χ4n) is 3.98. The van der Waals surface area contributed by atoms with Crippen LogP contribution in [0.15, 0.2) is 34.9 Å². The summed E-state index contributed by atoms with van der Waals surface area (Å²) in [5, 5.41) is 7.44. The average molecular weight is 462 g/mol. The molecule has 2 aliphatic heterocycles. The molecule has 2 fully saturated rings. The second-order valence-electron chi connectivity index (χ2n) is 8.16. The maximum atomic E-state index is 13.2. The van der Waals surface area contributed by atoms with Crippen molar-refractivity contribution in [3.05, 3.63) is 41.0 Å². The number of nitrogens with one attached hydrogen (secondary N) is 1.